The van der Waals surface area contributed by atoms with Gasteiger partial charge in [-0.1, -0.05) is 6.92 Å². The van der Waals surface area contributed by atoms with Crippen LogP contribution in [0.4, 0.5) is 0 Å². The molecule has 0 N–H and O–H groups in total. The molecule has 0 aromatic heterocycles. The summed E-state index contributed by atoms with van der Waals surface area (Å²) in [5, 5.41) is 0. The molecule has 0 unspecified atom stereocenters. The van der Waals surface area contributed by atoms with Crippen LogP contribution in [0.15, 0.2) is 0 Å². The second-order valence-corrected chi connectivity index (χ2v) is 6.85. The summed E-state index contributed by atoms with van der Waals surface area (Å²) in [4.78, 5) is 8.72. The van der Waals surface area contributed by atoms with E-state index in [-0.39, 0.29) is 21.1 Å². The molecule has 0 amide bonds. The molecule has 0 aromatic rings. The van der Waals surface area contributed by atoms with Gasteiger partial charge in [-0.3, -0.25) is 0 Å². The summed E-state index contributed by atoms with van der Waals surface area (Å²) >= 11 is 1.61. The molecule has 27 heavy (non-hydrogen) atoms. The van der Waals surface area contributed by atoms with E-state index in [1.54, 1.807) is 18.8 Å². The maximum Gasteiger partial charge on any atom is 2.00 e. The van der Waals surface area contributed by atoms with Gasteiger partial charge >= 0.3 is 49.3 Å². The van der Waals surface area contributed by atoms with Gasteiger partial charge in [0, 0.05) is 26.2 Å². The molecule has 0 heterocycles. The molecular formula is C15H39Cl2N4O4Pt2+. The Morgan fingerprint density at radius 2 is 0.741 bits per heavy atom. The van der Waals surface area contributed by atoms with Gasteiger partial charge in [0.05, 0.1) is 0 Å². The zero-order valence-electron chi connectivity index (χ0n) is 18.1. The first kappa shape index (κ1) is 42.7. The van der Waals surface area contributed by atoms with E-state index in [9.17, 15) is 0 Å². The Morgan fingerprint density at radius 1 is 0.667 bits per heavy atom. The average Bonchev–Trinajstić information content (AvgIpc) is 2.45. The van der Waals surface area contributed by atoms with Gasteiger partial charge in [-0.05, 0) is 56.4 Å². The zero-order chi connectivity index (χ0) is 22.3. The van der Waals surface area contributed by atoms with Crippen LogP contribution in [0, 0.1) is 17.2 Å². The predicted molar refractivity (Wildman–Crippen MR) is 95.7 cm³/mol. The van der Waals surface area contributed by atoms with E-state index >= 15 is 0 Å². The Hall–Kier alpha value is 1.64. The van der Waals surface area contributed by atoms with Crippen molar-refractivity contribution in [2.24, 2.45) is 0 Å². The number of nitrogens with zero attached hydrogens (tertiary/aromatic N) is 4. The minimum absolute atomic E-state index is 0. The minimum Gasteiger partial charge on any atom is -0.222 e. The van der Waals surface area contributed by atoms with Crippen molar-refractivity contribution >= 4 is 9.42 Å². The van der Waals surface area contributed by atoms with Crippen molar-refractivity contribution in [2.45, 2.75) is 13.3 Å². The molecule has 0 fully saturated rings. The molecule has 8 nitrogen and oxygen atoms in total. The topological polar surface area (TPSA) is 105 Å². The van der Waals surface area contributed by atoms with E-state index in [0.29, 0.717) is 0 Å². The quantitative estimate of drug-likeness (QED) is 0.270. The van der Waals surface area contributed by atoms with E-state index in [1.807, 2.05) is 6.92 Å². The van der Waals surface area contributed by atoms with Crippen molar-refractivity contribution < 1.29 is 68.7 Å². The summed E-state index contributed by atoms with van der Waals surface area (Å²) in [6.45, 7) is 10.1. The molecule has 0 atom stereocenters. The van der Waals surface area contributed by atoms with Crippen LogP contribution in [-0.4, -0.2) is 102 Å². The van der Waals surface area contributed by atoms with Crippen molar-refractivity contribution in [2.75, 3.05) is 82.6 Å². The fourth-order valence-corrected chi connectivity index (χ4v) is 0.800. The molecule has 0 aliphatic carbocycles. The molecular weight excluding hydrogens is 761 g/mol. The Kier molecular flexibility index (Phi) is 51.1. The van der Waals surface area contributed by atoms with E-state index < -0.39 is 10.2 Å². The summed E-state index contributed by atoms with van der Waals surface area (Å²) in [6.07, 6.45) is 1.00. The summed E-state index contributed by atoms with van der Waals surface area (Å²) < 4.78 is 34.0. The number of likely N-dealkylation sites (N-methyl/N-ethyl adjacent to an activating group) is 4. The second-order valence-electron chi connectivity index (χ2n) is 6.09. The van der Waals surface area contributed by atoms with E-state index in [4.69, 9.17) is 18.6 Å². The summed E-state index contributed by atoms with van der Waals surface area (Å²) in [5.41, 5.74) is 0. The molecule has 0 aliphatic heterocycles. The van der Waals surface area contributed by atoms with Crippen LogP contribution in [0.3, 0.4) is 0 Å². The SMILES string of the molecule is CN(C)CCN(C)C.CN(C)CCN(C)C.[CH2-]CC.[Cl][Pt+].[O-][Cl+3]([O-])([O-])[O-].[Pt+2]. The fourth-order valence-electron chi connectivity index (χ4n) is 0.800. The van der Waals surface area contributed by atoms with Gasteiger partial charge in [0.2, 0.25) is 0 Å². The number of rotatable bonds is 6. The van der Waals surface area contributed by atoms with Gasteiger partial charge in [0.1, 0.15) is 0 Å². The summed E-state index contributed by atoms with van der Waals surface area (Å²) in [6, 6.07) is 0. The Bertz CT molecular complexity index is 202. The normalized spacial score (nSPS) is 9.81. The second kappa shape index (κ2) is 32.3. The van der Waals surface area contributed by atoms with Gasteiger partial charge in [-0.15, -0.1) is 10.2 Å². The molecule has 0 spiro atoms. The Labute approximate surface area is 199 Å². The molecule has 176 valence electrons. The van der Waals surface area contributed by atoms with Crippen molar-refractivity contribution in [3.63, 3.8) is 0 Å². The first-order chi connectivity index (χ1) is 11.7. The minimum atomic E-state index is -4.94. The molecule has 0 rings (SSSR count). The monoisotopic (exact) mass is 799 g/mol. The van der Waals surface area contributed by atoms with Gasteiger partial charge < -0.3 is 26.5 Å². The summed E-state index contributed by atoms with van der Waals surface area (Å²) in [7, 11) is 16.4. The van der Waals surface area contributed by atoms with Crippen molar-refractivity contribution in [3.8, 4) is 0 Å². The standard InChI is InChI=1S/2C6H16N2.C3H7.ClHO4.ClH.2Pt/c2*1-7(2)5-6-8(3)4;1-3-2;2-1(3,4)5;;;/h2*5-6H2,1-4H3;1,3H2,2H3;(H,2,3,4,5);1H;;/q;;-1;;;2*+2/p-2. The number of hydrogen-bond acceptors (Lipinski definition) is 8. The van der Waals surface area contributed by atoms with Crippen LogP contribution in [0.1, 0.15) is 13.3 Å². The largest absolute Gasteiger partial charge is 2.00 e. The first-order valence-corrected chi connectivity index (χ1v) is 11.8. The third-order valence-electron chi connectivity index (χ3n) is 1.99. The van der Waals surface area contributed by atoms with Gasteiger partial charge in [-0.2, -0.15) is 6.42 Å². The van der Waals surface area contributed by atoms with Gasteiger partial charge in [0.15, 0.2) is 0 Å². The van der Waals surface area contributed by atoms with E-state index in [2.05, 4.69) is 92.3 Å². The smallest absolute Gasteiger partial charge is 0.222 e. The molecule has 0 saturated carbocycles. The maximum atomic E-state index is 8.49. The van der Waals surface area contributed by atoms with Crippen molar-refractivity contribution in [1.82, 2.24) is 19.6 Å². The molecule has 0 aliphatic rings. The zero-order valence-corrected chi connectivity index (χ0v) is 24.1. The summed E-state index contributed by atoms with van der Waals surface area (Å²) in [5.74, 6) is 0. The van der Waals surface area contributed by atoms with Crippen LogP contribution in [-0.2, 0) is 39.8 Å². The average molecular weight is 801 g/mol. The van der Waals surface area contributed by atoms with Crippen molar-refractivity contribution in [3.05, 3.63) is 6.92 Å². The number of halogens is 2. The Morgan fingerprint density at radius 3 is 0.778 bits per heavy atom. The maximum absolute atomic E-state index is 8.49. The van der Waals surface area contributed by atoms with Crippen LogP contribution in [0.5, 0.6) is 0 Å². The van der Waals surface area contributed by atoms with Gasteiger partial charge in [-0.25, -0.2) is 18.6 Å². The third-order valence-corrected chi connectivity index (χ3v) is 1.99. The Balaban J connectivity index is -0.0000000547. The molecule has 0 bridgehead atoms. The van der Waals surface area contributed by atoms with Crippen LogP contribution >= 0.6 is 9.42 Å². The van der Waals surface area contributed by atoms with Crippen molar-refractivity contribution in [1.29, 1.82) is 0 Å². The van der Waals surface area contributed by atoms with Gasteiger partial charge in [0.25, 0.3) is 0 Å². The third kappa shape index (κ3) is 134. The molecule has 0 saturated heterocycles. The molecule has 12 heteroatoms. The van der Waals surface area contributed by atoms with E-state index in [0.717, 1.165) is 32.6 Å². The van der Waals surface area contributed by atoms with Crippen LogP contribution in [0.25, 0.3) is 0 Å². The van der Waals surface area contributed by atoms with Crippen LogP contribution < -0.4 is 18.6 Å². The molecule has 0 radical (unpaired) electrons. The number of hydrogen-bond donors (Lipinski definition) is 0. The predicted octanol–water partition coefficient (Wildman–Crippen LogP) is -2.62. The van der Waals surface area contributed by atoms with E-state index in [1.165, 1.54) is 0 Å². The first-order valence-electron chi connectivity index (χ1n) is 7.79. The molecule has 0 aromatic carbocycles. The van der Waals surface area contributed by atoms with Crippen LogP contribution in [0.2, 0.25) is 0 Å². The fraction of sp³-hybridized carbons (Fsp3) is 0.933.